The van der Waals surface area contributed by atoms with E-state index in [0.717, 1.165) is 5.56 Å². The number of β-lactam (4-membered cyclic amide) rings is 1. The van der Waals surface area contributed by atoms with E-state index in [-0.39, 0.29) is 29.9 Å². The van der Waals surface area contributed by atoms with Gasteiger partial charge < -0.3 is 15.4 Å². The van der Waals surface area contributed by atoms with Gasteiger partial charge in [0.1, 0.15) is 22.3 Å². The summed E-state index contributed by atoms with van der Waals surface area (Å²) in [6.07, 6.45) is 0. The largest absolute Gasteiger partial charge is 0.459 e. The summed E-state index contributed by atoms with van der Waals surface area (Å²) in [5.41, 5.74) is 6.92. The first kappa shape index (κ1) is 17.8. The minimum absolute atomic E-state index is 0.137. The van der Waals surface area contributed by atoms with Gasteiger partial charge in [0.25, 0.3) is 0 Å². The topological polar surface area (TPSA) is 72.6 Å². The van der Waals surface area contributed by atoms with Crippen molar-refractivity contribution in [2.75, 3.05) is 0 Å². The maximum Gasteiger partial charge on any atom is 0.330 e. The molecule has 2 saturated heterocycles. The molecule has 2 heterocycles. The monoisotopic (exact) mass is 412 g/mol. The van der Waals surface area contributed by atoms with Crippen molar-refractivity contribution in [2.45, 2.75) is 53.9 Å². The van der Waals surface area contributed by atoms with Crippen molar-refractivity contribution in [1.29, 1.82) is 0 Å². The smallest absolute Gasteiger partial charge is 0.330 e. The number of nitrogens with two attached hydrogens (primary N) is 1. The number of amides is 1. The fourth-order valence-electron chi connectivity index (χ4n) is 3.25. The molecule has 0 saturated carbocycles. The predicted molar refractivity (Wildman–Crippen MR) is 97.6 cm³/mol. The zero-order valence-electron chi connectivity index (χ0n) is 13.9. The number of hydrogen-bond donors (Lipinski definition) is 1. The van der Waals surface area contributed by atoms with Gasteiger partial charge in [0.2, 0.25) is 5.91 Å². The molecule has 2 N–H and O–H groups in total. The summed E-state index contributed by atoms with van der Waals surface area (Å²) in [6, 6.07) is 8.57. The zero-order valence-corrected chi connectivity index (χ0v) is 16.3. The minimum Gasteiger partial charge on any atom is -0.459 e. The molecule has 0 spiro atoms. The highest BCUT2D eigenvalue weighted by atomic mass is 79.9. The van der Waals surface area contributed by atoms with Crippen LogP contribution in [0.2, 0.25) is 0 Å². The van der Waals surface area contributed by atoms with E-state index in [2.05, 4.69) is 15.9 Å². The molecule has 2 fully saturated rings. The van der Waals surface area contributed by atoms with Gasteiger partial charge in [0.15, 0.2) is 0 Å². The summed E-state index contributed by atoms with van der Waals surface area (Å²) in [5, 5.41) is -0.158. The van der Waals surface area contributed by atoms with Crippen molar-refractivity contribution < 1.29 is 14.3 Å². The SMILES string of the molecule is CC(N)[C@@]1(Br)C(=O)N2[C@@H](C(=O)OCc3ccccc3)C(C)(C)S[C@@H]21. The average Bonchev–Trinajstić information content (AvgIpc) is 2.82. The van der Waals surface area contributed by atoms with E-state index in [4.69, 9.17) is 10.5 Å². The van der Waals surface area contributed by atoms with Crippen LogP contribution in [0, 0.1) is 0 Å². The van der Waals surface area contributed by atoms with E-state index in [1.54, 1.807) is 23.6 Å². The molecule has 130 valence electrons. The summed E-state index contributed by atoms with van der Waals surface area (Å²) in [6.45, 7) is 5.94. The summed E-state index contributed by atoms with van der Waals surface area (Å²) in [4.78, 5) is 27.0. The molecular weight excluding hydrogens is 392 g/mol. The van der Waals surface area contributed by atoms with Gasteiger partial charge in [-0.2, -0.15) is 0 Å². The maximum absolute atomic E-state index is 12.7. The van der Waals surface area contributed by atoms with Crippen molar-refractivity contribution in [3.63, 3.8) is 0 Å². The van der Waals surface area contributed by atoms with E-state index in [1.807, 2.05) is 44.2 Å². The summed E-state index contributed by atoms with van der Waals surface area (Å²) in [7, 11) is 0. The van der Waals surface area contributed by atoms with Gasteiger partial charge in [-0.05, 0) is 26.3 Å². The van der Waals surface area contributed by atoms with Crippen molar-refractivity contribution >= 4 is 39.6 Å². The summed E-state index contributed by atoms with van der Waals surface area (Å²) < 4.78 is 4.25. The lowest BCUT2D eigenvalue weighted by atomic mass is 9.87. The molecule has 0 aliphatic carbocycles. The molecule has 0 bridgehead atoms. The zero-order chi connectivity index (χ0) is 17.7. The van der Waals surface area contributed by atoms with Crippen LogP contribution < -0.4 is 5.73 Å². The number of rotatable bonds is 4. The van der Waals surface area contributed by atoms with Crippen LogP contribution in [0.3, 0.4) is 0 Å². The van der Waals surface area contributed by atoms with E-state index in [0.29, 0.717) is 0 Å². The van der Waals surface area contributed by atoms with Crippen molar-refractivity contribution in [3.8, 4) is 0 Å². The number of fused-ring (bicyclic) bond motifs is 1. The van der Waals surface area contributed by atoms with Gasteiger partial charge in [-0.25, -0.2) is 4.79 Å². The minimum atomic E-state index is -0.802. The molecule has 2 aliphatic heterocycles. The first-order valence-electron chi connectivity index (χ1n) is 7.85. The number of ether oxygens (including phenoxy) is 1. The Kier molecular flexibility index (Phi) is 4.47. The number of carbonyl (C=O) groups excluding carboxylic acids is 2. The van der Waals surface area contributed by atoms with Crippen molar-refractivity contribution in [1.82, 2.24) is 4.90 Å². The van der Waals surface area contributed by atoms with E-state index in [9.17, 15) is 9.59 Å². The molecule has 1 aromatic carbocycles. The quantitative estimate of drug-likeness (QED) is 0.466. The number of halogens is 1. The predicted octanol–water partition coefficient (Wildman–Crippen LogP) is 2.27. The van der Waals surface area contributed by atoms with Crippen LogP contribution in [0.4, 0.5) is 0 Å². The second-order valence-corrected chi connectivity index (χ2v) is 9.89. The van der Waals surface area contributed by atoms with Crippen molar-refractivity contribution in [2.24, 2.45) is 5.73 Å². The van der Waals surface area contributed by atoms with Crippen molar-refractivity contribution in [3.05, 3.63) is 35.9 Å². The Morgan fingerprint density at radius 2 is 2.04 bits per heavy atom. The molecule has 24 heavy (non-hydrogen) atoms. The van der Waals surface area contributed by atoms with Gasteiger partial charge in [-0.15, -0.1) is 11.8 Å². The normalized spacial score (nSPS) is 32.0. The van der Waals surface area contributed by atoms with Crippen LogP contribution in [-0.2, 0) is 20.9 Å². The Bertz CT molecular complexity index is 667. The van der Waals surface area contributed by atoms with Crippen LogP contribution in [-0.4, -0.2) is 43.3 Å². The lowest BCUT2D eigenvalue weighted by molar-refractivity contribution is -0.165. The fraction of sp³-hybridized carbons (Fsp3) is 0.529. The number of alkyl halides is 1. The molecule has 1 amide bonds. The van der Waals surface area contributed by atoms with E-state index < -0.39 is 15.1 Å². The molecule has 1 aromatic rings. The van der Waals surface area contributed by atoms with Crippen LogP contribution in [0.5, 0.6) is 0 Å². The Hall–Kier alpha value is -1.05. The Morgan fingerprint density at radius 3 is 2.62 bits per heavy atom. The highest BCUT2D eigenvalue weighted by molar-refractivity contribution is 9.10. The van der Waals surface area contributed by atoms with E-state index >= 15 is 0 Å². The fourth-order valence-corrected chi connectivity index (χ4v) is 5.69. The van der Waals surface area contributed by atoms with Crippen LogP contribution in [0.15, 0.2) is 30.3 Å². The first-order chi connectivity index (χ1) is 11.2. The number of esters is 1. The van der Waals surface area contributed by atoms with Gasteiger partial charge >= 0.3 is 5.97 Å². The van der Waals surface area contributed by atoms with Crippen LogP contribution in [0.1, 0.15) is 26.3 Å². The Balaban J connectivity index is 1.76. The molecule has 0 aromatic heterocycles. The molecular formula is C17H21BrN2O3S. The lowest BCUT2D eigenvalue weighted by Crippen LogP contribution is -2.75. The third-order valence-electron chi connectivity index (χ3n) is 4.64. The van der Waals surface area contributed by atoms with Gasteiger partial charge in [-0.1, -0.05) is 46.3 Å². The third kappa shape index (κ3) is 2.57. The van der Waals surface area contributed by atoms with Gasteiger partial charge in [0.05, 0.1) is 0 Å². The second-order valence-electron chi connectivity index (χ2n) is 6.84. The third-order valence-corrected chi connectivity index (χ3v) is 8.09. The highest BCUT2D eigenvalue weighted by Gasteiger charge is 2.71. The van der Waals surface area contributed by atoms with Crippen LogP contribution >= 0.6 is 27.7 Å². The summed E-state index contributed by atoms with van der Waals surface area (Å²) >= 11 is 5.11. The Morgan fingerprint density at radius 1 is 1.42 bits per heavy atom. The molecule has 5 nitrogen and oxygen atoms in total. The molecule has 7 heteroatoms. The number of carbonyl (C=O) groups is 2. The molecule has 0 radical (unpaired) electrons. The molecule has 1 unspecified atom stereocenters. The van der Waals surface area contributed by atoms with Gasteiger partial charge in [0, 0.05) is 10.8 Å². The molecule has 4 atom stereocenters. The number of hydrogen-bond acceptors (Lipinski definition) is 5. The Labute approximate surface area is 154 Å². The number of nitrogens with zero attached hydrogens (tertiary/aromatic N) is 1. The maximum atomic E-state index is 12.7. The van der Waals surface area contributed by atoms with Crippen LogP contribution in [0.25, 0.3) is 0 Å². The lowest BCUT2D eigenvalue weighted by Gasteiger charge is -2.51. The van der Waals surface area contributed by atoms with E-state index in [1.165, 1.54) is 0 Å². The first-order valence-corrected chi connectivity index (χ1v) is 9.52. The second kappa shape index (κ2) is 6.04. The average molecular weight is 413 g/mol. The van der Waals surface area contributed by atoms with Gasteiger partial charge in [-0.3, -0.25) is 4.79 Å². The molecule has 2 aliphatic rings. The number of benzene rings is 1. The highest BCUT2D eigenvalue weighted by Crippen LogP contribution is 2.58. The molecule has 3 rings (SSSR count). The standard InChI is InChI=1S/C17H21BrN2O3S/c1-10(19)17(18)14(22)20-12(16(2,3)24-15(17)20)13(21)23-9-11-7-5-4-6-8-11/h4-8,10,12,15H,9,19H2,1-3H3/t10?,12-,15+,17+/m0/s1. The number of thioether (sulfide) groups is 1. The summed E-state index contributed by atoms with van der Waals surface area (Å²) in [5.74, 6) is -0.506.